The molecule has 29 heavy (non-hydrogen) atoms. The van der Waals surface area contributed by atoms with E-state index in [0.717, 1.165) is 67.2 Å². The van der Waals surface area contributed by atoms with Crippen LogP contribution >= 0.6 is 0 Å². The van der Waals surface area contributed by atoms with Gasteiger partial charge in [0.2, 0.25) is 0 Å². The van der Waals surface area contributed by atoms with Crippen LogP contribution < -0.4 is 0 Å². The Labute approximate surface area is 169 Å². The van der Waals surface area contributed by atoms with Crippen LogP contribution in [0.1, 0.15) is 46.9 Å². The zero-order valence-corrected chi connectivity index (χ0v) is 16.7. The maximum atomic E-state index is 12.6. The van der Waals surface area contributed by atoms with Gasteiger partial charge in [-0.1, -0.05) is 5.16 Å². The first-order valence-corrected chi connectivity index (χ1v) is 9.93. The van der Waals surface area contributed by atoms with E-state index in [4.69, 9.17) is 4.52 Å². The summed E-state index contributed by atoms with van der Waals surface area (Å²) in [5.74, 6) is 1.20. The quantitative estimate of drug-likeness (QED) is 0.673. The number of amides is 1. The molecule has 4 heterocycles. The molecule has 8 heteroatoms. The van der Waals surface area contributed by atoms with Crippen molar-refractivity contribution in [2.75, 3.05) is 13.1 Å². The first-order valence-electron chi connectivity index (χ1n) is 9.93. The van der Waals surface area contributed by atoms with E-state index in [1.54, 1.807) is 24.7 Å². The van der Waals surface area contributed by atoms with Gasteiger partial charge in [-0.05, 0) is 63.6 Å². The number of hydrogen-bond acceptors (Lipinski definition) is 7. The second-order valence-electron chi connectivity index (χ2n) is 7.50. The summed E-state index contributed by atoms with van der Waals surface area (Å²) in [7, 11) is 0. The lowest BCUT2D eigenvalue weighted by molar-refractivity contribution is 0.0753. The summed E-state index contributed by atoms with van der Waals surface area (Å²) in [6.07, 6.45) is 7.03. The molecule has 1 fully saturated rings. The van der Waals surface area contributed by atoms with Gasteiger partial charge in [0.05, 0.1) is 17.0 Å². The standard InChI is InChI=1S/C21H24N6O2/c1-14-20(15(2)29-26-14)19-12-17(22-13-23-19)11-16-5-4-9-27(10-7-16)21(28)18-6-3-8-24-25-18/h3,6,8,12-13,16H,4-5,7,9-11H2,1-2H3/t16-/m1/s1. The van der Waals surface area contributed by atoms with Crippen molar-refractivity contribution in [3.8, 4) is 11.3 Å². The third-order valence-corrected chi connectivity index (χ3v) is 5.44. The summed E-state index contributed by atoms with van der Waals surface area (Å²) in [5, 5.41) is 11.8. The molecular formula is C21H24N6O2. The zero-order valence-electron chi connectivity index (χ0n) is 16.7. The van der Waals surface area contributed by atoms with Crippen LogP contribution in [-0.2, 0) is 6.42 Å². The lowest BCUT2D eigenvalue weighted by Gasteiger charge is -2.20. The fraction of sp³-hybridized carbons (Fsp3) is 0.429. The molecule has 3 aromatic heterocycles. The summed E-state index contributed by atoms with van der Waals surface area (Å²) in [5.41, 5.74) is 4.04. The van der Waals surface area contributed by atoms with Crippen LogP contribution in [-0.4, -0.2) is 49.2 Å². The van der Waals surface area contributed by atoms with E-state index in [0.29, 0.717) is 11.6 Å². The van der Waals surface area contributed by atoms with Gasteiger partial charge in [-0.3, -0.25) is 4.79 Å². The third-order valence-electron chi connectivity index (χ3n) is 5.44. The van der Waals surface area contributed by atoms with Crippen LogP contribution in [0.15, 0.2) is 35.2 Å². The highest BCUT2D eigenvalue weighted by atomic mass is 16.5. The van der Waals surface area contributed by atoms with Gasteiger partial charge in [-0.25, -0.2) is 9.97 Å². The number of rotatable bonds is 4. The smallest absolute Gasteiger partial charge is 0.274 e. The average molecular weight is 392 g/mol. The van der Waals surface area contributed by atoms with Crippen molar-refractivity contribution in [1.29, 1.82) is 0 Å². The molecule has 1 atom stereocenters. The molecule has 1 aliphatic rings. The highest BCUT2D eigenvalue weighted by Gasteiger charge is 2.23. The van der Waals surface area contributed by atoms with E-state index in [1.807, 2.05) is 24.8 Å². The second-order valence-corrected chi connectivity index (χ2v) is 7.50. The van der Waals surface area contributed by atoms with E-state index in [9.17, 15) is 4.79 Å². The fourth-order valence-electron chi connectivity index (χ4n) is 3.94. The van der Waals surface area contributed by atoms with Gasteiger partial charge in [0.15, 0.2) is 5.69 Å². The Morgan fingerprint density at radius 2 is 2.14 bits per heavy atom. The lowest BCUT2D eigenvalue weighted by Crippen LogP contribution is -2.32. The van der Waals surface area contributed by atoms with Crippen molar-refractivity contribution < 1.29 is 9.32 Å². The highest BCUT2D eigenvalue weighted by Crippen LogP contribution is 2.27. The molecule has 1 aliphatic heterocycles. The molecule has 0 bridgehead atoms. The first kappa shape index (κ1) is 19.2. The van der Waals surface area contributed by atoms with Gasteiger partial charge < -0.3 is 9.42 Å². The largest absolute Gasteiger partial charge is 0.361 e. The molecule has 0 aromatic carbocycles. The summed E-state index contributed by atoms with van der Waals surface area (Å²) in [6, 6.07) is 5.49. The highest BCUT2D eigenvalue weighted by molar-refractivity contribution is 5.92. The van der Waals surface area contributed by atoms with E-state index in [2.05, 4.69) is 25.3 Å². The van der Waals surface area contributed by atoms with Crippen molar-refractivity contribution in [3.05, 3.63) is 53.6 Å². The fourth-order valence-corrected chi connectivity index (χ4v) is 3.94. The van der Waals surface area contributed by atoms with E-state index >= 15 is 0 Å². The minimum Gasteiger partial charge on any atom is -0.361 e. The van der Waals surface area contributed by atoms with E-state index in [-0.39, 0.29) is 5.91 Å². The Morgan fingerprint density at radius 3 is 2.90 bits per heavy atom. The third kappa shape index (κ3) is 4.31. The van der Waals surface area contributed by atoms with Crippen LogP contribution in [0.3, 0.4) is 0 Å². The summed E-state index contributed by atoms with van der Waals surface area (Å²) < 4.78 is 5.27. The molecule has 0 saturated carbocycles. The van der Waals surface area contributed by atoms with Crippen LogP contribution in [0.2, 0.25) is 0 Å². The molecule has 0 unspecified atom stereocenters. The van der Waals surface area contributed by atoms with Crippen molar-refractivity contribution in [2.24, 2.45) is 5.92 Å². The van der Waals surface area contributed by atoms with Gasteiger partial charge in [-0.15, -0.1) is 5.10 Å². The minimum atomic E-state index is -0.0403. The number of hydrogen-bond donors (Lipinski definition) is 0. The maximum absolute atomic E-state index is 12.6. The van der Waals surface area contributed by atoms with E-state index < -0.39 is 0 Å². The molecule has 0 spiro atoms. The number of aryl methyl sites for hydroxylation is 2. The topological polar surface area (TPSA) is 97.9 Å². The predicted octanol–water partition coefficient (Wildman–Crippen LogP) is 3.02. The van der Waals surface area contributed by atoms with Crippen LogP contribution in [0.5, 0.6) is 0 Å². The number of carbonyl (C=O) groups excluding carboxylic acids is 1. The maximum Gasteiger partial charge on any atom is 0.274 e. The zero-order chi connectivity index (χ0) is 20.2. The van der Waals surface area contributed by atoms with Crippen molar-refractivity contribution in [2.45, 2.75) is 39.5 Å². The van der Waals surface area contributed by atoms with Crippen molar-refractivity contribution >= 4 is 5.91 Å². The predicted molar refractivity (Wildman–Crippen MR) is 106 cm³/mol. The van der Waals surface area contributed by atoms with Crippen LogP contribution in [0.4, 0.5) is 0 Å². The Hall–Kier alpha value is -3.16. The van der Waals surface area contributed by atoms with Crippen LogP contribution in [0, 0.1) is 19.8 Å². The Morgan fingerprint density at radius 1 is 1.24 bits per heavy atom. The van der Waals surface area contributed by atoms with E-state index in [1.165, 1.54) is 0 Å². The first-order chi connectivity index (χ1) is 14.1. The Balaban J connectivity index is 1.42. The number of nitrogens with zero attached hydrogens (tertiary/aromatic N) is 6. The molecule has 8 nitrogen and oxygen atoms in total. The molecule has 150 valence electrons. The minimum absolute atomic E-state index is 0.0403. The summed E-state index contributed by atoms with van der Waals surface area (Å²) in [6.45, 7) is 5.29. The Bertz CT molecular complexity index is 968. The monoisotopic (exact) mass is 392 g/mol. The van der Waals surface area contributed by atoms with Gasteiger partial charge in [0.1, 0.15) is 12.1 Å². The number of likely N-dealkylation sites (tertiary alicyclic amines) is 1. The molecule has 3 aromatic rings. The molecule has 0 radical (unpaired) electrons. The lowest BCUT2D eigenvalue weighted by atomic mass is 9.94. The Kier molecular flexibility index (Phi) is 5.59. The number of aromatic nitrogens is 5. The van der Waals surface area contributed by atoms with Gasteiger partial charge in [0, 0.05) is 25.0 Å². The molecular weight excluding hydrogens is 368 g/mol. The van der Waals surface area contributed by atoms with Crippen molar-refractivity contribution in [3.63, 3.8) is 0 Å². The van der Waals surface area contributed by atoms with Crippen molar-refractivity contribution in [1.82, 2.24) is 30.2 Å². The molecule has 0 N–H and O–H groups in total. The number of carbonyl (C=O) groups is 1. The molecule has 0 aliphatic carbocycles. The van der Waals surface area contributed by atoms with Gasteiger partial charge in [0.25, 0.3) is 5.91 Å². The summed E-state index contributed by atoms with van der Waals surface area (Å²) in [4.78, 5) is 23.4. The normalized spacial score (nSPS) is 17.2. The molecule has 1 amide bonds. The van der Waals surface area contributed by atoms with Crippen LogP contribution in [0.25, 0.3) is 11.3 Å². The second kappa shape index (κ2) is 8.46. The average Bonchev–Trinajstić information content (AvgIpc) is 2.93. The van der Waals surface area contributed by atoms with Gasteiger partial charge in [-0.2, -0.15) is 5.10 Å². The molecule has 4 rings (SSSR count). The summed E-state index contributed by atoms with van der Waals surface area (Å²) >= 11 is 0. The SMILES string of the molecule is Cc1noc(C)c1-c1cc(C[C@@H]2CCCN(C(=O)c3cccnn3)CC2)ncn1. The van der Waals surface area contributed by atoms with Gasteiger partial charge >= 0.3 is 0 Å². The molecule has 1 saturated heterocycles.